The van der Waals surface area contributed by atoms with Crippen LogP contribution in [0.5, 0.6) is 0 Å². The summed E-state index contributed by atoms with van der Waals surface area (Å²) in [7, 11) is 1.42. The number of nitrogens with zero attached hydrogens (tertiary/aromatic N) is 2. The first-order valence-corrected chi connectivity index (χ1v) is 11.0. The Kier molecular flexibility index (Phi) is 6.66. The van der Waals surface area contributed by atoms with Crippen molar-refractivity contribution < 1.29 is 19.1 Å². The van der Waals surface area contributed by atoms with E-state index in [0.29, 0.717) is 25.4 Å². The molecule has 4 rings (SSSR count). The molecule has 164 valence electrons. The summed E-state index contributed by atoms with van der Waals surface area (Å²) in [5.41, 5.74) is 1.25. The molecule has 2 fully saturated rings. The van der Waals surface area contributed by atoms with Gasteiger partial charge in [-0.3, -0.25) is 14.2 Å². The van der Waals surface area contributed by atoms with Gasteiger partial charge in [0.1, 0.15) is 6.33 Å². The summed E-state index contributed by atoms with van der Waals surface area (Å²) in [5, 5.41) is 0. The number of allylic oxidation sites excluding steroid dienone is 2. The number of hydrogen-bond donors (Lipinski definition) is 0. The van der Waals surface area contributed by atoms with Gasteiger partial charge in [0.2, 0.25) is 5.91 Å². The minimum atomic E-state index is -0.167. The quantitative estimate of drug-likeness (QED) is 0.344. The Balaban J connectivity index is 1.49. The highest BCUT2D eigenvalue weighted by atomic mass is 16.5. The Morgan fingerprint density at radius 1 is 1.29 bits per heavy atom. The van der Waals surface area contributed by atoms with Crippen LogP contribution in [0.3, 0.4) is 0 Å². The molecule has 0 spiro atoms. The van der Waals surface area contributed by atoms with Crippen molar-refractivity contribution in [3.63, 3.8) is 0 Å². The number of rotatable bonds is 9. The predicted octanol–water partition coefficient (Wildman–Crippen LogP) is 4.18. The van der Waals surface area contributed by atoms with Gasteiger partial charge in [-0.2, -0.15) is 0 Å². The molecule has 1 aromatic carbocycles. The lowest BCUT2D eigenvalue weighted by molar-refractivity contribution is -0.140. The zero-order valence-electron chi connectivity index (χ0n) is 18.0. The van der Waals surface area contributed by atoms with Gasteiger partial charge in [0.05, 0.1) is 19.8 Å². The average Bonchev–Trinajstić information content (AvgIpc) is 3.54. The first kappa shape index (κ1) is 21.5. The molecule has 1 saturated carbocycles. The molecule has 2 aromatic rings. The van der Waals surface area contributed by atoms with Gasteiger partial charge in [-0.05, 0) is 43.1 Å². The fraction of sp³-hybridized carbons (Fsp3) is 0.480. The normalized spacial score (nSPS) is 27.1. The van der Waals surface area contributed by atoms with E-state index >= 15 is 0 Å². The van der Waals surface area contributed by atoms with Crippen LogP contribution in [0.1, 0.15) is 48.9 Å². The van der Waals surface area contributed by atoms with Gasteiger partial charge in [0.25, 0.3) is 0 Å². The van der Waals surface area contributed by atoms with E-state index in [9.17, 15) is 9.59 Å². The van der Waals surface area contributed by atoms with E-state index in [0.717, 1.165) is 25.7 Å². The third-order valence-electron chi connectivity index (χ3n) is 6.91. The van der Waals surface area contributed by atoms with E-state index in [1.807, 2.05) is 6.07 Å². The first-order valence-electron chi connectivity index (χ1n) is 11.0. The molecule has 1 saturated heterocycles. The van der Waals surface area contributed by atoms with Crippen LogP contribution in [-0.2, 0) is 19.7 Å². The van der Waals surface area contributed by atoms with Crippen LogP contribution in [0.2, 0.25) is 0 Å². The summed E-state index contributed by atoms with van der Waals surface area (Å²) in [5.74, 6) is 0.398. The molecule has 0 radical (unpaired) electrons. The first-order chi connectivity index (χ1) is 15.1. The Bertz CT molecular complexity index is 909. The number of imidazole rings is 1. The number of fused-ring (bicyclic) bond motifs is 2. The van der Waals surface area contributed by atoms with Crippen LogP contribution in [-0.4, -0.2) is 41.2 Å². The van der Waals surface area contributed by atoms with Crippen LogP contribution in [0.4, 0.5) is 0 Å². The number of carbonyl (C=O) groups is 2. The molecule has 2 bridgehead atoms. The van der Waals surface area contributed by atoms with Crippen molar-refractivity contribution in [3.05, 3.63) is 66.8 Å². The van der Waals surface area contributed by atoms with Gasteiger partial charge in [0.15, 0.2) is 0 Å². The molecular weight excluding hydrogens is 392 g/mol. The number of ether oxygens (including phenoxy) is 2. The third-order valence-corrected chi connectivity index (χ3v) is 6.91. The van der Waals surface area contributed by atoms with Gasteiger partial charge < -0.3 is 9.47 Å². The zero-order valence-corrected chi connectivity index (χ0v) is 18.0. The number of methoxy groups -OCH3 is 1. The molecule has 2 aliphatic rings. The minimum Gasteiger partial charge on any atom is -0.469 e. The van der Waals surface area contributed by atoms with E-state index < -0.39 is 0 Å². The number of hydrogen-bond acceptors (Lipinski definition) is 5. The van der Waals surface area contributed by atoms with Gasteiger partial charge in [-0.15, -0.1) is 0 Å². The smallest absolute Gasteiger partial charge is 0.305 e. The lowest BCUT2D eigenvalue weighted by Crippen LogP contribution is -2.40. The Morgan fingerprint density at radius 2 is 2.13 bits per heavy atom. The van der Waals surface area contributed by atoms with E-state index in [-0.39, 0.29) is 29.3 Å². The average molecular weight is 423 g/mol. The minimum absolute atomic E-state index is 0.0534. The molecule has 6 heteroatoms. The molecule has 2 heterocycles. The number of aromatic nitrogens is 2. The van der Waals surface area contributed by atoms with E-state index in [1.54, 1.807) is 23.3 Å². The monoisotopic (exact) mass is 422 g/mol. The van der Waals surface area contributed by atoms with E-state index in [2.05, 4.69) is 41.4 Å². The molecule has 0 N–H and O–H groups in total. The van der Waals surface area contributed by atoms with Crippen LogP contribution in [0.15, 0.2) is 61.2 Å². The van der Waals surface area contributed by atoms with Gasteiger partial charge in [-0.25, -0.2) is 4.98 Å². The molecule has 0 amide bonds. The van der Waals surface area contributed by atoms with Crippen molar-refractivity contribution in [2.45, 2.75) is 50.0 Å². The van der Waals surface area contributed by atoms with Crippen LogP contribution in [0, 0.1) is 11.8 Å². The number of carbonyl (C=O) groups excluding carboxylic acids is 2. The van der Waals surface area contributed by atoms with Crippen molar-refractivity contribution in [3.8, 4) is 0 Å². The largest absolute Gasteiger partial charge is 0.469 e. The second-order valence-corrected chi connectivity index (χ2v) is 8.59. The molecule has 1 aromatic heterocycles. The van der Waals surface area contributed by atoms with Crippen molar-refractivity contribution >= 4 is 11.9 Å². The Morgan fingerprint density at radius 3 is 2.87 bits per heavy atom. The van der Waals surface area contributed by atoms with Crippen molar-refractivity contribution in [2.24, 2.45) is 11.8 Å². The van der Waals surface area contributed by atoms with Crippen LogP contribution in [0.25, 0.3) is 0 Å². The fourth-order valence-electron chi connectivity index (χ4n) is 5.33. The van der Waals surface area contributed by atoms with Crippen molar-refractivity contribution in [1.29, 1.82) is 0 Å². The Labute approximate surface area is 183 Å². The zero-order chi connectivity index (χ0) is 21.7. The molecular formula is C25H30N2O4. The number of unbranched alkanes of at least 4 members (excludes halogenated alkanes) is 1. The maximum atomic E-state index is 12.8. The molecule has 0 unspecified atom stereocenters. The summed E-state index contributed by atoms with van der Waals surface area (Å²) in [6.07, 6.45) is 13.8. The second-order valence-electron chi connectivity index (χ2n) is 8.59. The summed E-state index contributed by atoms with van der Waals surface area (Å²) >= 11 is 0. The predicted molar refractivity (Wildman–Crippen MR) is 117 cm³/mol. The maximum Gasteiger partial charge on any atom is 0.305 e. The standard InChI is InChI=1S/C25H30N2O4/c1-30-24(29)12-8-3-2-7-11-21-20(15-23(28)27-14-13-26-18-27)22-16-25(21,17-31-22)19-9-5-4-6-10-19/h2,4-7,9-10,13-14,18,20-22H,3,8,11-12,15-17H2,1H3/t20-,21+,22+,25+/m1/s1. The molecule has 6 nitrogen and oxygen atoms in total. The van der Waals surface area contributed by atoms with E-state index in [1.165, 1.54) is 12.7 Å². The lowest BCUT2D eigenvalue weighted by Gasteiger charge is -2.39. The van der Waals surface area contributed by atoms with Gasteiger partial charge in [-0.1, -0.05) is 42.5 Å². The van der Waals surface area contributed by atoms with Crippen LogP contribution < -0.4 is 0 Å². The molecule has 4 atom stereocenters. The SMILES string of the molecule is COC(=O)CCCC=CC[C@H]1[C@@H](CC(=O)n2ccnc2)[C@@H]2C[C@@]1(c1ccccc1)CO2. The van der Waals surface area contributed by atoms with E-state index in [4.69, 9.17) is 9.47 Å². The number of esters is 1. The highest BCUT2D eigenvalue weighted by Gasteiger charge is 2.59. The van der Waals surface area contributed by atoms with Crippen molar-refractivity contribution in [1.82, 2.24) is 9.55 Å². The third kappa shape index (κ3) is 4.49. The van der Waals surface area contributed by atoms with Crippen molar-refractivity contribution in [2.75, 3.05) is 13.7 Å². The highest BCUT2D eigenvalue weighted by molar-refractivity contribution is 5.79. The molecule has 1 aliphatic carbocycles. The van der Waals surface area contributed by atoms with Crippen LogP contribution >= 0.6 is 0 Å². The maximum absolute atomic E-state index is 12.8. The van der Waals surface area contributed by atoms with Gasteiger partial charge in [0, 0.05) is 30.7 Å². The fourth-order valence-corrected chi connectivity index (χ4v) is 5.33. The molecule has 31 heavy (non-hydrogen) atoms. The highest BCUT2D eigenvalue weighted by Crippen LogP contribution is 2.57. The Hall–Kier alpha value is -2.73. The summed E-state index contributed by atoms with van der Waals surface area (Å²) in [6, 6.07) is 10.6. The summed E-state index contributed by atoms with van der Waals surface area (Å²) in [4.78, 5) is 28.1. The molecule has 1 aliphatic heterocycles. The number of benzene rings is 1. The summed E-state index contributed by atoms with van der Waals surface area (Å²) < 4.78 is 12.5. The second kappa shape index (κ2) is 9.60. The van der Waals surface area contributed by atoms with Gasteiger partial charge >= 0.3 is 5.97 Å². The topological polar surface area (TPSA) is 70.4 Å². The summed E-state index contributed by atoms with van der Waals surface area (Å²) in [6.45, 7) is 0.707. The lowest BCUT2D eigenvalue weighted by atomic mass is 9.68.